The third kappa shape index (κ3) is 1.82. The molecular weight excluding hydrogens is 224 g/mol. The highest BCUT2D eigenvalue weighted by Gasteiger charge is 2.11. The number of imidazole rings is 1. The summed E-state index contributed by atoms with van der Waals surface area (Å²) < 4.78 is 24.8. The fourth-order valence-corrected chi connectivity index (χ4v) is 2.29. The van der Waals surface area contributed by atoms with Gasteiger partial charge in [0.15, 0.2) is 9.84 Å². The molecular formula is C11H14N2O2S. The fraction of sp³-hybridized carbons (Fsp3) is 0.364. The molecule has 0 spiro atoms. The van der Waals surface area contributed by atoms with Crippen molar-refractivity contribution in [2.24, 2.45) is 0 Å². The van der Waals surface area contributed by atoms with Gasteiger partial charge in [0.1, 0.15) is 0 Å². The van der Waals surface area contributed by atoms with Crippen molar-refractivity contribution in [2.75, 3.05) is 6.26 Å². The van der Waals surface area contributed by atoms with Crippen molar-refractivity contribution in [3.8, 4) is 0 Å². The first kappa shape index (κ1) is 11.1. The monoisotopic (exact) mass is 238 g/mol. The first-order valence-corrected chi connectivity index (χ1v) is 6.95. The van der Waals surface area contributed by atoms with Crippen molar-refractivity contribution >= 4 is 20.9 Å². The maximum Gasteiger partial charge on any atom is 0.175 e. The lowest BCUT2D eigenvalue weighted by Gasteiger charge is -2.07. The molecule has 0 saturated carbocycles. The third-order valence-electron chi connectivity index (χ3n) is 2.53. The van der Waals surface area contributed by atoms with Crippen LogP contribution in [0.15, 0.2) is 29.4 Å². The van der Waals surface area contributed by atoms with Crippen molar-refractivity contribution in [3.63, 3.8) is 0 Å². The highest BCUT2D eigenvalue weighted by molar-refractivity contribution is 7.90. The number of hydrogen-bond donors (Lipinski definition) is 0. The zero-order valence-electron chi connectivity index (χ0n) is 9.51. The molecule has 0 bridgehead atoms. The molecule has 2 rings (SSSR count). The molecule has 1 aromatic carbocycles. The molecule has 2 aromatic rings. The Balaban J connectivity index is 2.67. The van der Waals surface area contributed by atoms with Gasteiger partial charge < -0.3 is 4.57 Å². The second-order valence-electron chi connectivity index (χ2n) is 4.17. The van der Waals surface area contributed by atoms with Crippen LogP contribution in [0.25, 0.3) is 11.0 Å². The average Bonchev–Trinajstić information content (AvgIpc) is 2.58. The number of rotatable bonds is 2. The Labute approximate surface area is 94.8 Å². The lowest BCUT2D eigenvalue weighted by atomic mass is 10.3. The zero-order chi connectivity index (χ0) is 11.9. The molecule has 0 N–H and O–H groups in total. The maximum atomic E-state index is 11.4. The average molecular weight is 238 g/mol. The zero-order valence-corrected chi connectivity index (χ0v) is 10.3. The maximum absolute atomic E-state index is 11.4. The molecule has 0 amide bonds. The summed E-state index contributed by atoms with van der Waals surface area (Å²) in [5, 5.41) is 0. The summed E-state index contributed by atoms with van der Waals surface area (Å²) in [6.45, 7) is 4.12. The summed E-state index contributed by atoms with van der Waals surface area (Å²) >= 11 is 0. The van der Waals surface area contributed by atoms with E-state index in [2.05, 4.69) is 18.8 Å². The van der Waals surface area contributed by atoms with Crippen LogP contribution in [-0.2, 0) is 9.84 Å². The lowest BCUT2D eigenvalue weighted by Crippen LogP contribution is -1.99. The van der Waals surface area contributed by atoms with Gasteiger partial charge in [0, 0.05) is 12.3 Å². The molecule has 4 nitrogen and oxygen atoms in total. The lowest BCUT2D eigenvalue weighted by molar-refractivity contribution is 0.602. The van der Waals surface area contributed by atoms with Gasteiger partial charge in [-0.2, -0.15) is 0 Å². The predicted octanol–water partition coefficient (Wildman–Crippen LogP) is 2.02. The van der Waals surface area contributed by atoms with Crippen LogP contribution >= 0.6 is 0 Å². The summed E-state index contributed by atoms with van der Waals surface area (Å²) in [7, 11) is -3.15. The van der Waals surface area contributed by atoms with Gasteiger partial charge in [-0.1, -0.05) is 0 Å². The summed E-state index contributed by atoms with van der Waals surface area (Å²) in [6, 6.07) is 5.36. The topological polar surface area (TPSA) is 52.0 Å². The SMILES string of the molecule is CC(C)n1cnc2cc(S(C)(=O)=O)ccc21. The Morgan fingerprint density at radius 2 is 2.00 bits per heavy atom. The standard InChI is InChI=1S/C11H14N2O2S/c1-8(2)13-7-12-10-6-9(16(3,14)15)4-5-11(10)13/h4-8H,1-3H3. The van der Waals surface area contributed by atoms with Crippen LogP contribution in [0.3, 0.4) is 0 Å². The highest BCUT2D eigenvalue weighted by atomic mass is 32.2. The fourth-order valence-electron chi connectivity index (χ4n) is 1.65. The van der Waals surface area contributed by atoms with Gasteiger partial charge >= 0.3 is 0 Å². The molecule has 0 saturated heterocycles. The van der Waals surface area contributed by atoms with E-state index in [0.717, 1.165) is 11.0 Å². The van der Waals surface area contributed by atoms with E-state index in [-0.39, 0.29) is 0 Å². The van der Waals surface area contributed by atoms with Crippen LogP contribution in [0.5, 0.6) is 0 Å². The molecule has 0 unspecified atom stereocenters. The second kappa shape index (κ2) is 3.59. The Bertz CT molecular complexity index is 626. The van der Waals surface area contributed by atoms with E-state index in [4.69, 9.17) is 0 Å². The molecule has 0 fully saturated rings. The molecule has 5 heteroatoms. The molecule has 86 valence electrons. The molecule has 16 heavy (non-hydrogen) atoms. The van der Waals surface area contributed by atoms with Gasteiger partial charge in [-0.05, 0) is 32.0 Å². The Kier molecular flexibility index (Phi) is 2.50. The Morgan fingerprint density at radius 3 is 2.56 bits per heavy atom. The largest absolute Gasteiger partial charge is 0.328 e. The second-order valence-corrected chi connectivity index (χ2v) is 6.18. The van der Waals surface area contributed by atoms with E-state index in [0.29, 0.717) is 10.9 Å². The minimum atomic E-state index is -3.15. The molecule has 1 aromatic heterocycles. The van der Waals surface area contributed by atoms with E-state index >= 15 is 0 Å². The molecule has 0 radical (unpaired) electrons. The summed E-state index contributed by atoms with van der Waals surface area (Å²) in [5.74, 6) is 0. The summed E-state index contributed by atoms with van der Waals surface area (Å²) in [5.41, 5.74) is 1.68. The number of benzene rings is 1. The molecule has 0 atom stereocenters. The van der Waals surface area contributed by atoms with E-state index in [1.165, 1.54) is 6.26 Å². The number of hydrogen-bond acceptors (Lipinski definition) is 3. The van der Waals surface area contributed by atoms with Gasteiger partial charge in [-0.15, -0.1) is 0 Å². The minimum Gasteiger partial charge on any atom is -0.328 e. The van der Waals surface area contributed by atoms with Crippen molar-refractivity contribution in [1.29, 1.82) is 0 Å². The Hall–Kier alpha value is -1.36. The summed E-state index contributed by atoms with van der Waals surface area (Å²) in [6.07, 6.45) is 2.94. The summed E-state index contributed by atoms with van der Waals surface area (Å²) in [4.78, 5) is 4.53. The van der Waals surface area contributed by atoms with Crippen molar-refractivity contribution < 1.29 is 8.42 Å². The number of aromatic nitrogens is 2. The van der Waals surface area contributed by atoms with Gasteiger partial charge in [0.2, 0.25) is 0 Å². The quantitative estimate of drug-likeness (QED) is 0.804. The number of sulfone groups is 1. The molecule has 1 heterocycles. The highest BCUT2D eigenvalue weighted by Crippen LogP contribution is 2.20. The van der Waals surface area contributed by atoms with Crippen LogP contribution in [0.1, 0.15) is 19.9 Å². The van der Waals surface area contributed by atoms with E-state index in [1.807, 2.05) is 4.57 Å². The van der Waals surface area contributed by atoms with Gasteiger partial charge in [0.25, 0.3) is 0 Å². The predicted molar refractivity (Wildman–Crippen MR) is 63.2 cm³/mol. The number of fused-ring (bicyclic) bond motifs is 1. The van der Waals surface area contributed by atoms with Crippen molar-refractivity contribution in [2.45, 2.75) is 24.8 Å². The normalized spacial score (nSPS) is 12.5. The molecule has 0 aliphatic carbocycles. The van der Waals surface area contributed by atoms with Gasteiger partial charge in [0.05, 0.1) is 22.3 Å². The first-order chi connectivity index (χ1) is 7.39. The smallest absolute Gasteiger partial charge is 0.175 e. The van der Waals surface area contributed by atoms with Crippen molar-refractivity contribution in [1.82, 2.24) is 9.55 Å². The van der Waals surface area contributed by atoms with Gasteiger partial charge in [-0.25, -0.2) is 13.4 Å². The van der Waals surface area contributed by atoms with Crippen LogP contribution in [0.2, 0.25) is 0 Å². The van der Waals surface area contributed by atoms with Crippen LogP contribution in [0, 0.1) is 0 Å². The Morgan fingerprint density at radius 1 is 1.31 bits per heavy atom. The first-order valence-electron chi connectivity index (χ1n) is 5.06. The molecule has 0 aliphatic rings. The third-order valence-corrected chi connectivity index (χ3v) is 3.64. The van der Waals surface area contributed by atoms with E-state index < -0.39 is 9.84 Å². The van der Waals surface area contributed by atoms with Crippen LogP contribution < -0.4 is 0 Å². The van der Waals surface area contributed by atoms with Gasteiger partial charge in [-0.3, -0.25) is 0 Å². The molecule has 0 aliphatic heterocycles. The van der Waals surface area contributed by atoms with Crippen molar-refractivity contribution in [3.05, 3.63) is 24.5 Å². The van der Waals surface area contributed by atoms with Crippen LogP contribution in [0.4, 0.5) is 0 Å². The van der Waals surface area contributed by atoms with Crippen LogP contribution in [-0.4, -0.2) is 24.2 Å². The minimum absolute atomic E-state index is 0.314. The number of nitrogens with zero attached hydrogens (tertiary/aromatic N) is 2. The van der Waals surface area contributed by atoms with E-state index in [9.17, 15) is 8.42 Å². The van der Waals surface area contributed by atoms with E-state index in [1.54, 1.807) is 24.5 Å².